The van der Waals surface area contributed by atoms with Crippen molar-refractivity contribution in [3.05, 3.63) is 71.3 Å². The van der Waals surface area contributed by atoms with Gasteiger partial charge in [0.1, 0.15) is 11.6 Å². The molecule has 142 valence electrons. The monoisotopic (exact) mass is 396 g/mol. The molecule has 9 heteroatoms. The number of benzene rings is 2. The van der Waals surface area contributed by atoms with E-state index in [1.54, 1.807) is 48.2 Å². The second-order valence-corrected chi connectivity index (χ2v) is 7.69. The molecule has 2 aromatic heterocycles. The van der Waals surface area contributed by atoms with Crippen molar-refractivity contribution < 1.29 is 13.2 Å². The normalized spacial score (nSPS) is 11.6. The van der Waals surface area contributed by atoms with Gasteiger partial charge in [-0.15, -0.1) is 0 Å². The largest absolute Gasteiger partial charge is 0.497 e. The molecule has 0 aliphatic heterocycles. The van der Waals surface area contributed by atoms with Crippen molar-refractivity contribution in [3.8, 4) is 22.8 Å². The topological polar surface area (TPSA) is 120 Å². The molecule has 4 rings (SSSR count). The van der Waals surface area contributed by atoms with Gasteiger partial charge < -0.3 is 9.72 Å². The number of ether oxygens (including phenoxy) is 1. The first-order valence-corrected chi connectivity index (χ1v) is 9.79. The van der Waals surface area contributed by atoms with E-state index in [0.717, 1.165) is 5.39 Å². The summed E-state index contributed by atoms with van der Waals surface area (Å²) in [5.74, 6) is 1.03. The summed E-state index contributed by atoms with van der Waals surface area (Å²) in [6.07, 6.45) is 3.18. The number of rotatable bonds is 4. The van der Waals surface area contributed by atoms with E-state index in [4.69, 9.17) is 9.88 Å². The third-order valence-corrected chi connectivity index (χ3v) is 5.27. The first-order valence-electron chi connectivity index (χ1n) is 8.25. The SMILES string of the molecule is COc1ccc2[nH]c(=O)c(-c3nccn3-c3cccc(S(N)(=O)=O)c3)cc2c1. The maximum Gasteiger partial charge on any atom is 0.259 e. The molecule has 28 heavy (non-hydrogen) atoms. The van der Waals surface area contributed by atoms with E-state index < -0.39 is 10.0 Å². The number of methoxy groups -OCH3 is 1. The van der Waals surface area contributed by atoms with Gasteiger partial charge in [0.15, 0.2) is 0 Å². The van der Waals surface area contributed by atoms with Crippen molar-refractivity contribution in [1.82, 2.24) is 14.5 Å². The minimum absolute atomic E-state index is 0.0261. The highest BCUT2D eigenvalue weighted by Crippen LogP contribution is 2.24. The lowest BCUT2D eigenvalue weighted by Gasteiger charge is -2.10. The molecular formula is C19H16N4O4S. The Morgan fingerprint density at radius 3 is 2.71 bits per heavy atom. The number of nitrogens with one attached hydrogen (secondary N) is 1. The zero-order valence-electron chi connectivity index (χ0n) is 14.8. The lowest BCUT2D eigenvalue weighted by Crippen LogP contribution is -2.13. The highest BCUT2D eigenvalue weighted by molar-refractivity contribution is 7.89. The van der Waals surface area contributed by atoms with Crippen LogP contribution in [0.3, 0.4) is 0 Å². The van der Waals surface area contributed by atoms with Crippen molar-refractivity contribution in [2.45, 2.75) is 4.90 Å². The van der Waals surface area contributed by atoms with Gasteiger partial charge in [-0.25, -0.2) is 18.5 Å². The second kappa shape index (κ2) is 6.63. The lowest BCUT2D eigenvalue weighted by molar-refractivity contribution is 0.415. The van der Waals surface area contributed by atoms with Gasteiger partial charge in [0.05, 0.1) is 17.6 Å². The summed E-state index contributed by atoms with van der Waals surface area (Å²) in [7, 11) is -2.29. The van der Waals surface area contributed by atoms with Gasteiger partial charge in [-0.05, 0) is 42.5 Å². The number of fused-ring (bicyclic) bond motifs is 1. The highest BCUT2D eigenvalue weighted by atomic mass is 32.2. The molecule has 0 aliphatic carbocycles. The van der Waals surface area contributed by atoms with Crippen molar-refractivity contribution in [3.63, 3.8) is 0 Å². The van der Waals surface area contributed by atoms with Crippen LogP contribution in [0.5, 0.6) is 5.75 Å². The minimum Gasteiger partial charge on any atom is -0.497 e. The number of nitrogens with zero attached hydrogens (tertiary/aromatic N) is 2. The van der Waals surface area contributed by atoms with Gasteiger partial charge in [-0.2, -0.15) is 0 Å². The number of hydrogen-bond acceptors (Lipinski definition) is 5. The Kier molecular flexibility index (Phi) is 4.25. The Hall–Kier alpha value is -3.43. The highest BCUT2D eigenvalue weighted by Gasteiger charge is 2.15. The zero-order valence-corrected chi connectivity index (χ0v) is 15.6. The van der Waals surface area contributed by atoms with Crippen molar-refractivity contribution >= 4 is 20.9 Å². The maximum atomic E-state index is 12.6. The maximum absolute atomic E-state index is 12.6. The van der Waals surface area contributed by atoms with Crippen LogP contribution in [-0.4, -0.2) is 30.1 Å². The third-order valence-electron chi connectivity index (χ3n) is 4.36. The molecule has 2 aromatic carbocycles. The number of imidazole rings is 1. The summed E-state index contributed by atoms with van der Waals surface area (Å²) in [4.78, 5) is 19.7. The Morgan fingerprint density at radius 1 is 1.14 bits per heavy atom. The second-order valence-electron chi connectivity index (χ2n) is 6.13. The predicted octanol–water partition coefficient (Wildman–Crippen LogP) is 2.04. The standard InChI is InChI=1S/C19H16N4O4S/c1-27-14-5-6-17-12(9-14)10-16(19(24)22-17)18-21-7-8-23(18)13-3-2-4-15(11-13)28(20,25)26/h2-11H,1H3,(H,22,24)(H2,20,25,26). The van der Waals surface area contributed by atoms with Crippen LogP contribution in [0.25, 0.3) is 28.0 Å². The van der Waals surface area contributed by atoms with Gasteiger partial charge in [0.2, 0.25) is 10.0 Å². The molecule has 4 aromatic rings. The van der Waals surface area contributed by atoms with Crippen molar-refractivity contribution in [2.24, 2.45) is 5.14 Å². The zero-order chi connectivity index (χ0) is 19.9. The molecule has 2 heterocycles. The third kappa shape index (κ3) is 3.17. The fourth-order valence-corrected chi connectivity index (χ4v) is 3.55. The van der Waals surface area contributed by atoms with E-state index >= 15 is 0 Å². The van der Waals surface area contributed by atoms with E-state index in [2.05, 4.69) is 9.97 Å². The molecule has 0 unspecified atom stereocenters. The number of nitrogens with two attached hydrogens (primary N) is 1. The van der Waals surface area contributed by atoms with Crippen LogP contribution in [0.15, 0.2) is 70.6 Å². The summed E-state index contributed by atoms with van der Waals surface area (Å²) < 4.78 is 30.2. The number of hydrogen-bond donors (Lipinski definition) is 2. The summed E-state index contributed by atoms with van der Waals surface area (Å²) in [6.45, 7) is 0. The molecule has 0 aliphatic rings. The average molecular weight is 396 g/mol. The summed E-state index contributed by atoms with van der Waals surface area (Å²) in [5, 5.41) is 6.00. The smallest absolute Gasteiger partial charge is 0.259 e. The summed E-state index contributed by atoms with van der Waals surface area (Å²) in [6, 6.07) is 13.2. The van der Waals surface area contributed by atoms with Crippen molar-refractivity contribution in [2.75, 3.05) is 7.11 Å². The first kappa shape index (κ1) is 18.0. The molecule has 0 fully saturated rings. The van der Waals surface area contributed by atoms with Crippen LogP contribution in [0.1, 0.15) is 0 Å². The molecule has 3 N–H and O–H groups in total. The van der Waals surface area contributed by atoms with Gasteiger partial charge in [-0.3, -0.25) is 9.36 Å². The molecule has 0 bridgehead atoms. The molecule has 0 atom stereocenters. The number of pyridine rings is 1. The van der Waals surface area contributed by atoms with Crippen molar-refractivity contribution in [1.29, 1.82) is 0 Å². The number of primary sulfonamides is 1. The summed E-state index contributed by atoms with van der Waals surface area (Å²) in [5.41, 5.74) is 1.22. The lowest BCUT2D eigenvalue weighted by atomic mass is 10.1. The van der Waals surface area contributed by atoms with Crippen LogP contribution in [0, 0.1) is 0 Å². The Labute approximate surface area is 160 Å². The van der Waals surface area contributed by atoms with E-state index in [1.165, 1.54) is 18.3 Å². The molecular weight excluding hydrogens is 380 g/mol. The predicted molar refractivity (Wildman–Crippen MR) is 105 cm³/mol. The Bertz CT molecular complexity index is 1360. The number of aromatic nitrogens is 3. The molecule has 0 saturated heterocycles. The Balaban J connectivity index is 1.90. The van der Waals surface area contributed by atoms with Crippen LogP contribution < -0.4 is 15.4 Å². The van der Waals surface area contributed by atoms with E-state index in [-0.39, 0.29) is 10.5 Å². The molecule has 8 nitrogen and oxygen atoms in total. The van der Waals surface area contributed by atoms with E-state index in [1.807, 2.05) is 6.07 Å². The molecule has 0 saturated carbocycles. The number of sulfonamides is 1. The van der Waals surface area contributed by atoms with E-state index in [9.17, 15) is 13.2 Å². The number of H-pyrrole nitrogens is 1. The Morgan fingerprint density at radius 2 is 1.96 bits per heavy atom. The summed E-state index contributed by atoms with van der Waals surface area (Å²) >= 11 is 0. The van der Waals surface area contributed by atoms with Gasteiger partial charge in [-0.1, -0.05) is 6.07 Å². The first-order chi connectivity index (χ1) is 13.4. The van der Waals surface area contributed by atoms with Crippen LogP contribution >= 0.6 is 0 Å². The number of aromatic amines is 1. The van der Waals surface area contributed by atoms with Crippen LogP contribution in [-0.2, 0) is 10.0 Å². The van der Waals surface area contributed by atoms with Crippen LogP contribution in [0.2, 0.25) is 0 Å². The van der Waals surface area contributed by atoms with Gasteiger partial charge >= 0.3 is 0 Å². The van der Waals surface area contributed by atoms with Crippen LogP contribution in [0.4, 0.5) is 0 Å². The molecule has 0 radical (unpaired) electrons. The molecule has 0 spiro atoms. The van der Waals surface area contributed by atoms with Gasteiger partial charge in [0, 0.05) is 29.0 Å². The van der Waals surface area contributed by atoms with Gasteiger partial charge in [0.25, 0.3) is 5.56 Å². The fraction of sp³-hybridized carbons (Fsp3) is 0.0526. The average Bonchev–Trinajstić information content (AvgIpc) is 3.16. The minimum atomic E-state index is -3.85. The molecule has 0 amide bonds. The fourth-order valence-electron chi connectivity index (χ4n) is 3.00. The van der Waals surface area contributed by atoms with E-state index in [0.29, 0.717) is 28.3 Å². The quantitative estimate of drug-likeness (QED) is 0.547.